The van der Waals surface area contributed by atoms with E-state index in [1.54, 1.807) is 7.11 Å². The van der Waals surface area contributed by atoms with E-state index >= 15 is 0 Å². The molecule has 0 radical (unpaired) electrons. The smallest absolute Gasteiger partial charge is 0.131 e. The van der Waals surface area contributed by atoms with Crippen LogP contribution in [0.15, 0.2) is 28.7 Å². The van der Waals surface area contributed by atoms with E-state index in [0.717, 1.165) is 41.7 Å². The minimum Gasteiger partial charge on any atom is -0.377 e. The van der Waals surface area contributed by atoms with E-state index in [9.17, 15) is 4.39 Å². The molecule has 1 aliphatic heterocycles. The third-order valence-corrected chi connectivity index (χ3v) is 4.22. The number of hydrogen-bond donors (Lipinski definition) is 0. The van der Waals surface area contributed by atoms with Gasteiger partial charge in [-0.25, -0.2) is 4.39 Å². The zero-order chi connectivity index (χ0) is 14.8. The largest absolute Gasteiger partial charge is 0.377 e. The van der Waals surface area contributed by atoms with Gasteiger partial charge in [0.05, 0.1) is 5.60 Å². The Labute approximate surface area is 128 Å². The van der Waals surface area contributed by atoms with Crippen molar-refractivity contribution in [1.82, 2.24) is 4.90 Å². The molecule has 1 aromatic carbocycles. The van der Waals surface area contributed by atoms with Gasteiger partial charge in [0, 0.05) is 36.8 Å². The normalized spacial score (nSPS) is 17.1. The highest BCUT2D eigenvalue weighted by molar-refractivity contribution is 9.10. The molecule has 1 aliphatic rings. The number of halogens is 2. The molecule has 1 aromatic rings. The highest BCUT2D eigenvalue weighted by Crippen LogP contribution is 2.27. The van der Waals surface area contributed by atoms with E-state index in [-0.39, 0.29) is 11.4 Å². The lowest BCUT2D eigenvalue weighted by Crippen LogP contribution is -2.41. The molecule has 0 aliphatic carbocycles. The average Bonchev–Trinajstić information content (AvgIpc) is 2.40. The minimum atomic E-state index is -0.156. The molecule has 20 heavy (non-hydrogen) atoms. The molecule has 110 valence electrons. The Bertz CT molecular complexity index is 513. The molecule has 0 N–H and O–H groups in total. The van der Waals surface area contributed by atoms with Crippen LogP contribution in [0.25, 0.3) is 5.57 Å². The van der Waals surface area contributed by atoms with Gasteiger partial charge in [-0.2, -0.15) is 0 Å². The van der Waals surface area contributed by atoms with Crippen molar-refractivity contribution in [3.05, 3.63) is 40.1 Å². The van der Waals surface area contributed by atoms with Crippen LogP contribution in [-0.2, 0) is 4.74 Å². The standard InChI is InChI=1S/C16H21BrFNO/c1-16(2,20-3)11-19-8-6-12(7-9-19)14-5-4-13(17)10-15(14)18/h4-6,10H,7-9,11H2,1-3H3. The highest BCUT2D eigenvalue weighted by atomic mass is 79.9. The number of nitrogens with zero attached hydrogens (tertiary/aromatic N) is 1. The van der Waals surface area contributed by atoms with Gasteiger partial charge < -0.3 is 4.74 Å². The van der Waals surface area contributed by atoms with Gasteiger partial charge in [0.2, 0.25) is 0 Å². The second-order valence-corrected chi connectivity index (χ2v) is 6.72. The van der Waals surface area contributed by atoms with Crippen molar-refractivity contribution in [3.63, 3.8) is 0 Å². The SMILES string of the molecule is COC(C)(C)CN1CC=C(c2ccc(Br)cc2F)CC1. The Hall–Kier alpha value is -0.710. The van der Waals surface area contributed by atoms with Gasteiger partial charge in [-0.3, -0.25) is 4.90 Å². The maximum atomic E-state index is 14.0. The Morgan fingerprint density at radius 2 is 2.15 bits per heavy atom. The summed E-state index contributed by atoms with van der Waals surface area (Å²) in [6.45, 7) is 6.84. The van der Waals surface area contributed by atoms with Gasteiger partial charge in [-0.05, 0) is 38.0 Å². The van der Waals surface area contributed by atoms with Crippen molar-refractivity contribution in [1.29, 1.82) is 0 Å². The maximum Gasteiger partial charge on any atom is 0.131 e. The molecule has 0 saturated carbocycles. The molecular weight excluding hydrogens is 321 g/mol. The first-order chi connectivity index (χ1) is 9.41. The summed E-state index contributed by atoms with van der Waals surface area (Å²) in [5, 5.41) is 0. The third kappa shape index (κ3) is 3.90. The van der Waals surface area contributed by atoms with Crippen molar-refractivity contribution in [2.45, 2.75) is 25.9 Å². The van der Waals surface area contributed by atoms with Crippen LogP contribution in [0.3, 0.4) is 0 Å². The number of benzene rings is 1. The molecule has 1 heterocycles. The third-order valence-electron chi connectivity index (χ3n) is 3.73. The van der Waals surface area contributed by atoms with Gasteiger partial charge in [-0.1, -0.05) is 28.1 Å². The van der Waals surface area contributed by atoms with E-state index < -0.39 is 0 Å². The molecule has 0 spiro atoms. The van der Waals surface area contributed by atoms with Crippen molar-refractivity contribution in [2.75, 3.05) is 26.7 Å². The number of ether oxygens (including phenoxy) is 1. The molecule has 2 nitrogen and oxygen atoms in total. The van der Waals surface area contributed by atoms with Crippen LogP contribution in [0.2, 0.25) is 0 Å². The minimum absolute atomic E-state index is 0.145. The summed E-state index contributed by atoms with van der Waals surface area (Å²) in [5.74, 6) is -0.156. The predicted octanol–water partition coefficient (Wildman–Crippen LogP) is 4.10. The van der Waals surface area contributed by atoms with Gasteiger partial charge in [-0.15, -0.1) is 0 Å². The Kier molecular flexibility index (Phi) is 4.99. The lowest BCUT2D eigenvalue weighted by Gasteiger charge is -2.33. The fourth-order valence-corrected chi connectivity index (χ4v) is 2.79. The first-order valence-corrected chi connectivity index (χ1v) is 7.62. The number of rotatable bonds is 4. The predicted molar refractivity (Wildman–Crippen MR) is 84.2 cm³/mol. The molecule has 0 aromatic heterocycles. The van der Waals surface area contributed by atoms with Crippen LogP contribution in [0.1, 0.15) is 25.8 Å². The van der Waals surface area contributed by atoms with Crippen molar-refractivity contribution in [3.8, 4) is 0 Å². The molecule has 0 atom stereocenters. The summed E-state index contributed by atoms with van der Waals surface area (Å²) >= 11 is 3.29. The maximum absolute atomic E-state index is 14.0. The van der Waals surface area contributed by atoms with Crippen molar-refractivity contribution < 1.29 is 9.13 Å². The monoisotopic (exact) mass is 341 g/mol. The molecule has 2 rings (SSSR count). The Morgan fingerprint density at radius 1 is 1.40 bits per heavy atom. The van der Waals surface area contributed by atoms with Crippen LogP contribution in [0.5, 0.6) is 0 Å². The van der Waals surface area contributed by atoms with Gasteiger partial charge in [0.25, 0.3) is 0 Å². The molecule has 0 saturated heterocycles. The highest BCUT2D eigenvalue weighted by Gasteiger charge is 2.23. The van der Waals surface area contributed by atoms with Gasteiger partial charge in [0.15, 0.2) is 0 Å². The summed E-state index contributed by atoms with van der Waals surface area (Å²) < 4.78 is 20.2. The zero-order valence-corrected chi connectivity index (χ0v) is 13.8. The molecular formula is C16H21BrFNO. The second kappa shape index (κ2) is 6.37. The molecule has 4 heteroatoms. The zero-order valence-electron chi connectivity index (χ0n) is 12.2. The summed E-state index contributed by atoms with van der Waals surface area (Å²) in [6, 6.07) is 5.26. The van der Waals surface area contributed by atoms with E-state index in [0.29, 0.717) is 0 Å². The fourth-order valence-electron chi connectivity index (χ4n) is 2.45. The van der Waals surface area contributed by atoms with Crippen LogP contribution in [0.4, 0.5) is 4.39 Å². The summed E-state index contributed by atoms with van der Waals surface area (Å²) in [7, 11) is 1.74. The van der Waals surface area contributed by atoms with E-state index in [4.69, 9.17) is 4.74 Å². The molecule has 0 amide bonds. The fraction of sp³-hybridized carbons (Fsp3) is 0.500. The lowest BCUT2D eigenvalue weighted by molar-refractivity contribution is -0.00524. The first-order valence-electron chi connectivity index (χ1n) is 6.83. The topological polar surface area (TPSA) is 12.5 Å². The second-order valence-electron chi connectivity index (χ2n) is 5.80. The van der Waals surface area contributed by atoms with Crippen LogP contribution in [0, 0.1) is 5.82 Å². The van der Waals surface area contributed by atoms with Crippen LogP contribution in [-0.4, -0.2) is 37.2 Å². The quantitative estimate of drug-likeness (QED) is 0.817. The number of methoxy groups -OCH3 is 1. The van der Waals surface area contributed by atoms with E-state index in [2.05, 4.69) is 40.8 Å². The first kappa shape index (κ1) is 15.7. The Morgan fingerprint density at radius 3 is 2.70 bits per heavy atom. The molecule has 0 bridgehead atoms. The summed E-state index contributed by atoms with van der Waals surface area (Å²) in [6.07, 6.45) is 3.00. The lowest BCUT2D eigenvalue weighted by atomic mass is 9.98. The van der Waals surface area contributed by atoms with Gasteiger partial charge >= 0.3 is 0 Å². The van der Waals surface area contributed by atoms with E-state index in [1.165, 1.54) is 6.07 Å². The van der Waals surface area contributed by atoms with Crippen molar-refractivity contribution in [2.24, 2.45) is 0 Å². The van der Waals surface area contributed by atoms with Crippen LogP contribution >= 0.6 is 15.9 Å². The summed E-state index contributed by atoms with van der Waals surface area (Å²) in [5.41, 5.74) is 1.68. The Balaban J connectivity index is 2.06. The van der Waals surface area contributed by atoms with Crippen LogP contribution < -0.4 is 0 Å². The molecule has 0 fully saturated rings. The number of hydrogen-bond acceptors (Lipinski definition) is 2. The summed E-state index contributed by atoms with van der Waals surface area (Å²) in [4.78, 5) is 2.34. The van der Waals surface area contributed by atoms with Gasteiger partial charge in [0.1, 0.15) is 5.82 Å². The van der Waals surface area contributed by atoms with E-state index in [1.807, 2.05) is 12.1 Å². The van der Waals surface area contributed by atoms with Crippen molar-refractivity contribution >= 4 is 21.5 Å². The molecule has 0 unspecified atom stereocenters. The average molecular weight is 342 g/mol.